The van der Waals surface area contributed by atoms with Gasteiger partial charge in [-0.25, -0.2) is 0 Å². The van der Waals surface area contributed by atoms with Crippen molar-refractivity contribution in [3.05, 3.63) is 42.0 Å². The Labute approximate surface area is 170 Å². The van der Waals surface area contributed by atoms with Gasteiger partial charge in [-0.1, -0.05) is 12.5 Å². The van der Waals surface area contributed by atoms with Gasteiger partial charge >= 0.3 is 0 Å². The molecule has 3 N–H and O–H groups in total. The molecule has 2 saturated heterocycles. The molecule has 0 spiro atoms. The molecule has 2 bridgehead atoms. The summed E-state index contributed by atoms with van der Waals surface area (Å²) < 4.78 is 6.07. The molecule has 152 valence electrons. The Kier molecular flexibility index (Phi) is 5.76. The topological polar surface area (TPSA) is 96.4 Å². The largest absolute Gasteiger partial charge is 0.507 e. The standard InChI is InChI=1S/C22H26N4O3/c1-23-21(28)9-6-14-5-7-18(20(27)11-14)19-8-10-22(26-25-19)29-17-12-15-3-2-4-16(13-17)24-15/h5-11,15-17,24,27H,2-4,12-13H2,1H3,(H,23,28)/b9-6+/t15-,16+,17-. The van der Waals surface area contributed by atoms with Crippen LogP contribution in [0.1, 0.15) is 37.7 Å². The third-order valence-electron chi connectivity index (χ3n) is 5.57. The summed E-state index contributed by atoms with van der Waals surface area (Å²) in [6.07, 6.45) is 8.97. The highest BCUT2D eigenvalue weighted by molar-refractivity contribution is 5.91. The van der Waals surface area contributed by atoms with Crippen LogP contribution in [-0.4, -0.2) is 46.4 Å². The SMILES string of the molecule is CNC(=O)/C=C/c1ccc(-c2ccc(O[C@@H]3C[C@H]4CCC[C@@H](C3)N4)nn2)c(O)c1. The second kappa shape index (κ2) is 8.61. The zero-order valence-electron chi connectivity index (χ0n) is 16.5. The van der Waals surface area contributed by atoms with E-state index in [0.717, 1.165) is 18.4 Å². The molecule has 2 aliphatic rings. The molecule has 1 aromatic heterocycles. The van der Waals surface area contributed by atoms with Gasteiger partial charge in [0.2, 0.25) is 11.8 Å². The number of likely N-dealkylation sites (N-methyl/N-ethyl adjacent to an activating group) is 1. The van der Waals surface area contributed by atoms with Gasteiger partial charge in [0.1, 0.15) is 11.9 Å². The Morgan fingerprint density at radius 2 is 2.00 bits per heavy atom. The van der Waals surface area contributed by atoms with Gasteiger partial charge in [0.15, 0.2) is 0 Å². The van der Waals surface area contributed by atoms with Crippen LogP contribution in [-0.2, 0) is 4.79 Å². The molecule has 4 rings (SSSR count). The number of carbonyl (C=O) groups is 1. The molecular weight excluding hydrogens is 368 g/mol. The Morgan fingerprint density at radius 3 is 2.66 bits per heavy atom. The number of fused-ring (bicyclic) bond motifs is 2. The number of ether oxygens (including phenoxy) is 1. The third kappa shape index (κ3) is 4.74. The molecule has 3 heterocycles. The fourth-order valence-electron chi connectivity index (χ4n) is 4.13. The first-order valence-electron chi connectivity index (χ1n) is 10.1. The van der Waals surface area contributed by atoms with E-state index in [2.05, 4.69) is 20.8 Å². The summed E-state index contributed by atoms with van der Waals surface area (Å²) in [4.78, 5) is 11.3. The number of nitrogens with zero attached hydrogens (tertiary/aromatic N) is 2. The van der Waals surface area contributed by atoms with Gasteiger partial charge in [-0.3, -0.25) is 4.79 Å². The number of phenols is 1. The highest BCUT2D eigenvalue weighted by Crippen LogP contribution is 2.31. The van der Waals surface area contributed by atoms with Crippen molar-refractivity contribution in [2.75, 3.05) is 7.05 Å². The molecule has 3 atom stereocenters. The van der Waals surface area contributed by atoms with E-state index in [1.165, 1.54) is 25.3 Å². The summed E-state index contributed by atoms with van der Waals surface area (Å²) in [5.41, 5.74) is 1.87. The van der Waals surface area contributed by atoms with Gasteiger partial charge < -0.3 is 20.5 Å². The predicted molar refractivity (Wildman–Crippen MR) is 110 cm³/mol. The molecule has 2 fully saturated rings. The van der Waals surface area contributed by atoms with E-state index >= 15 is 0 Å². The molecule has 0 aliphatic carbocycles. The van der Waals surface area contributed by atoms with Gasteiger partial charge in [-0.2, -0.15) is 0 Å². The molecule has 29 heavy (non-hydrogen) atoms. The molecule has 2 aliphatic heterocycles. The van der Waals surface area contributed by atoms with Crippen molar-refractivity contribution in [3.63, 3.8) is 0 Å². The van der Waals surface area contributed by atoms with E-state index in [9.17, 15) is 9.90 Å². The Bertz CT molecular complexity index is 885. The zero-order chi connectivity index (χ0) is 20.2. The quantitative estimate of drug-likeness (QED) is 0.675. The van der Waals surface area contributed by atoms with Crippen LogP contribution in [0.25, 0.3) is 17.3 Å². The summed E-state index contributed by atoms with van der Waals surface area (Å²) in [5, 5.41) is 25.0. The lowest BCUT2D eigenvalue weighted by atomic mass is 9.85. The second-order valence-electron chi connectivity index (χ2n) is 7.68. The van der Waals surface area contributed by atoms with Crippen LogP contribution in [0.4, 0.5) is 0 Å². The monoisotopic (exact) mass is 394 g/mol. The van der Waals surface area contributed by atoms with Crippen molar-refractivity contribution in [1.29, 1.82) is 0 Å². The van der Waals surface area contributed by atoms with Crippen molar-refractivity contribution in [2.24, 2.45) is 0 Å². The third-order valence-corrected chi connectivity index (χ3v) is 5.57. The predicted octanol–water partition coefficient (Wildman–Crippen LogP) is 2.66. The molecule has 1 amide bonds. The average molecular weight is 394 g/mol. The lowest BCUT2D eigenvalue weighted by Crippen LogP contribution is -2.51. The summed E-state index contributed by atoms with van der Waals surface area (Å²) >= 11 is 0. The number of aromatic hydroxyl groups is 1. The number of phenolic OH excluding ortho intramolecular Hbond substituents is 1. The summed E-state index contributed by atoms with van der Waals surface area (Å²) in [5.74, 6) is 0.397. The number of benzene rings is 1. The number of aromatic nitrogens is 2. The molecular formula is C22H26N4O3. The minimum atomic E-state index is -0.201. The highest BCUT2D eigenvalue weighted by atomic mass is 16.5. The number of piperidine rings is 2. The summed E-state index contributed by atoms with van der Waals surface area (Å²) in [7, 11) is 1.57. The van der Waals surface area contributed by atoms with Crippen LogP contribution in [0.15, 0.2) is 36.4 Å². The van der Waals surface area contributed by atoms with Crippen LogP contribution in [0, 0.1) is 0 Å². The molecule has 1 aromatic carbocycles. The zero-order valence-corrected chi connectivity index (χ0v) is 16.5. The van der Waals surface area contributed by atoms with Gasteiger partial charge in [0, 0.05) is 36.8 Å². The van der Waals surface area contributed by atoms with Crippen LogP contribution >= 0.6 is 0 Å². The van der Waals surface area contributed by atoms with E-state index in [4.69, 9.17) is 4.74 Å². The first-order chi connectivity index (χ1) is 14.1. The first kappa shape index (κ1) is 19.4. The number of nitrogens with one attached hydrogen (secondary N) is 2. The van der Waals surface area contributed by atoms with Crippen LogP contribution in [0.2, 0.25) is 0 Å². The van der Waals surface area contributed by atoms with E-state index in [-0.39, 0.29) is 17.8 Å². The maximum Gasteiger partial charge on any atom is 0.243 e. The minimum absolute atomic E-state index is 0.0817. The van der Waals surface area contributed by atoms with Crippen molar-refractivity contribution in [2.45, 2.75) is 50.3 Å². The number of rotatable bonds is 5. The number of carbonyl (C=O) groups excluding carboxylic acids is 1. The molecule has 0 saturated carbocycles. The lowest BCUT2D eigenvalue weighted by Gasteiger charge is -2.39. The summed E-state index contributed by atoms with van der Waals surface area (Å²) in [6, 6.07) is 9.87. The van der Waals surface area contributed by atoms with Crippen molar-refractivity contribution in [3.8, 4) is 22.9 Å². The fraction of sp³-hybridized carbons (Fsp3) is 0.409. The summed E-state index contributed by atoms with van der Waals surface area (Å²) in [6.45, 7) is 0. The van der Waals surface area contributed by atoms with E-state index in [1.54, 1.807) is 37.4 Å². The van der Waals surface area contributed by atoms with Gasteiger partial charge in [-0.15, -0.1) is 10.2 Å². The second-order valence-corrected chi connectivity index (χ2v) is 7.68. The van der Waals surface area contributed by atoms with E-state index < -0.39 is 0 Å². The van der Waals surface area contributed by atoms with Gasteiger partial charge in [0.25, 0.3) is 0 Å². The van der Waals surface area contributed by atoms with Crippen molar-refractivity contribution in [1.82, 2.24) is 20.8 Å². The molecule has 0 radical (unpaired) electrons. The number of hydrogen-bond acceptors (Lipinski definition) is 6. The number of amides is 1. The van der Waals surface area contributed by atoms with Crippen LogP contribution in [0.3, 0.4) is 0 Å². The fourth-order valence-corrected chi connectivity index (χ4v) is 4.13. The minimum Gasteiger partial charge on any atom is -0.507 e. The number of hydrogen-bond donors (Lipinski definition) is 3. The Hall–Kier alpha value is -2.93. The molecule has 0 unspecified atom stereocenters. The van der Waals surface area contributed by atoms with Crippen molar-refractivity contribution < 1.29 is 14.6 Å². The Balaban J connectivity index is 1.42. The van der Waals surface area contributed by atoms with Gasteiger partial charge in [0.05, 0.1) is 5.69 Å². The molecule has 2 aromatic rings. The van der Waals surface area contributed by atoms with E-state index in [1.807, 2.05) is 6.07 Å². The molecule has 7 heteroatoms. The van der Waals surface area contributed by atoms with Crippen molar-refractivity contribution >= 4 is 12.0 Å². The smallest absolute Gasteiger partial charge is 0.243 e. The maximum atomic E-state index is 11.3. The normalized spacial score (nSPS) is 23.7. The van der Waals surface area contributed by atoms with Crippen LogP contribution in [0.5, 0.6) is 11.6 Å². The van der Waals surface area contributed by atoms with Crippen LogP contribution < -0.4 is 15.4 Å². The maximum absolute atomic E-state index is 11.3. The average Bonchev–Trinajstić information content (AvgIpc) is 2.72. The Morgan fingerprint density at radius 1 is 1.21 bits per heavy atom. The van der Waals surface area contributed by atoms with E-state index in [0.29, 0.717) is 29.2 Å². The lowest BCUT2D eigenvalue weighted by molar-refractivity contribution is -0.115. The molecule has 7 nitrogen and oxygen atoms in total. The van der Waals surface area contributed by atoms with Gasteiger partial charge in [-0.05, 0) is 55.5 Å². The highest BCUT2D eigenvalue weighted by Gasteiger charge is 2.32. The first-order valence-corrected chi connectivity index (χ1v) is 10.1.